The normalized spacial score (nSPS) is 23.6. The quantitative estimate of drug-likeness (QED) is 0.705. The van der Waals surface area contributed by atoms with Gasteiger partial charge in [0.25, 0.3) is 0 Å². The zero-order chi connectivity index (χ0) is 14.4. The van der Waals surface area contributed by atoms with E-state index >= 15 is 0 Å². The van der Waals surface area contributed by atoms with Crippen LogP contribution in [0.15, 0.2) is 12.4 Å². The van der Waals surface area contributed by atoms with Gasteiger partial charge < -0.3 is 14.2 Å². The molecule has 2 heterocycles. The summed E-state index contributed by atoms with van der Waals surface area (Å²) >= 11 is 0. The lowest BCUT2D eigenvalue weighted by Gasteiger charge is -2.22. The van der Waals surface area contributed by atoms with E-state index in [2.05, 4.69) is 16.2 Å². The first-order valence-corrected chi connectivity index (χ1v) is 7.02. The molecule has 0 radical (unpaired) electrons. The maximum atomic E-state index is 5.48. The number of likely N-dealkylation sites (tertiary alicyclic amines) is 1. The number of hydrogen-bond acceptors (Lipinski definition) is 5. The summed E-state index contributed by atoms with van der Waals surface area (Å²) in [5.41, 5.74) is 1.22. The van der Waals surface area contributed by atoms with E-state index in [1.807, 2.05) is 10.9 Å². The molecule has 6 heteroatoms. The molecule has 6 nitrogen and oxygen atoms in total. The Balaban J connectivity index is 1.91. The van der Waals surface area contributed by atoms with Crippen molar-refractivity contribution in [3.8, 4) is 0 Å². The lowest BCUT2D eigenvalue weighted by atomic mass is 10.2. The van der Waals surface area contributed by atoms with Crippen LogP contribution in [0.3, 0.4) is 0 Å². The average Bonchev–Trinajstić information content (AvgIpc) is 3.05. The zero-order valence-electron chi connectivity index (χ0n) is 12.6. The predicted molar refractivity (Wildman–Crippen MR) is 75.6 cm³/mol. The Morgan fingerprint density at radius 2 is 2.15 bits per heavy atom. The Hall–Kier alpha value is -0.950. The highest BCUT2D eigenvalue weighted by molar-refractivity contribution is 5.05. The van der Waals surface area contributed by atoms with Gasteiger partial charge in [0.15, 0.2) is 0 Å². The van der Waals surface area contributed by atoms with Crippen molar-refractivity contribution in [2.75, 3.05) is 41.1 Å². The fraction of sp³-hybridized carbons (Fsp3) is 0.786. The fourth-order valence-corrected chi connectivity index (χ4v) is 2.70. The minimum atomic E-state index is 0.304. The molecular formula is C14H25N3O3. The number of methoxy groups -OCH3 is 3. The molecule has 1 aromatic heterocycles. The van der Waals surface area contributed by atoms with Crippen LogP contribution in [-0.2, 0) is 27.3 Å². The molecule has 0 aromatic carbocycles. The third-order valence-corrected chi connectivity index (χ3v) is 3.78. The van der Waals surface area contributed by atoms with Crippen molar-refractivity contribution >= 4 is 0 Å². The average molecular weight is 283 g/mol. The lowest BCUT2D eigenvalue weighted by Crippen LogP contribution is -2.32. The number of hydrogen-bond donors (Lipinski definition) is 0. The molecule has 2 rings (SSSR count). The van der Waals surface area contributed by atoms with Gasteiger partial charge in [0.2, 0.25) is 0 Å². The topological polar surface area (TPSA) is 48.8 Å². The van der Waals surface area contributed by atoms with Gasteiger partial charge in [-0.05, 0) is 6.42 Å². The third-order valence-electron chi connectivity index (χ3n) is 3.78. The number of aromatic nitrogens is 2. The smallest absolute Gasteiger partial charge is 0.0714 e. The molecule has 0 bridgehead atoms. The summed E-state index contributed by atoms with van der Waals surface area (Å²) in [6, 6.07) is 0.423. The predicted octanol–water partition coefficient (Wildman–Crippen LogP) is 0.765. The molecule has 0 aliphatic carbocycles. The van der Waals surface area contributed by atoms with Crippen LogP contribution in [0.5, 0.6) is 0 Å². The van der Waals surface area contributed by atoms with Gasteiger partial charge in [-0.15, -0.1) is 0 Å². The van der Waals surface area contributed by atoms with Gasteiger partial charge in [-0.2, -0.15) is 5.10 Å². The van der Waals surface area contributed by atoms with E-state index < -0.39 is 0 Å². The first kappa shape index (κ1) is 15.4. The minimum Gasteiger partial charge on any atom is -0.383 e. The molecule has 0 N–H and O–H groups in total. The largest absolute Gasteiger partial charge is 0.383 e. The second kappa shape index (κ2) is 7.73. The second-order valence-corrected chi connectivity index (χ2v) is 5.24. The Labute approximate surface area is 120 Å². The molecule has 0 unspecified atom stereocenters. The molecule has 114 valence electrons. The Kier molecular flexibility index (Phi) is 5.97. The zero-order valence-corrected chi connectivity index (χ0v) is 12.6. The number of ether oxygens (including phenoxy) is 3. The first-order chi connectivity index (χ1) is 9.76. The standard InChI is InChI=1S/C14H25N3O3/c1-18-5-4-17-9-12(7-15-17)8-16-10-14(20-3)6-13(16)11-19-2/h7,9,13-14H,4-6,8,10-11H2,1-3H3/t13-,14+/m0/s1. The van der Waals surface area contributed by atoms with Crippen LogP contribution in [0, 0.1) is 0 Å². The van der Waals surface area contributed by atoms with Crippen molar-refractivity contribution in [2.45, 2.75) is 31.7 Å². The minimum absolute atomic E-state index is 0.304. The van der Waals surface area contributed by atoms with Gasteiger partial charge in [-0.3, -0.25) is 9.58 Å². The highest BCUT2D eigenvalue weighted by atomic mass is 16.5. The highest BCUT2D eigenvalue weighted by Crippen LogP contribution is 2.22. The van der Waals surface area contributed by atoms with E-state index in [1.165, 1.54) is 5.56 Å². The van der Waals surface area contributed by atoms with Crippen molar-refractivity contribution in [1.82, 2.24) is 14.7 Å². The van der Waals surface area contributed by atoms with E-state index in [9.17, 15) is 0 Å². The Bertz CT molecular complexity index is 397. The van der Waals surface area contributed by atoms with Crippen LogP contribution >= 0.6 is 0 Å². The van der Waals surface area contributed by atoms with Crippen LogP contribution in [0.4, 0.5) is 0 Å². The number of rotatable bonds is 8. The molecule has 1 fully saturated rings. The van der Waals surface area contributed by atoms with E-state index in [-0.39, 0.29) is 0 Å². The maximum absolute atomic E-state index is 5.48. The lowest BCUT2D eigenvalue weighted by molar-refractivity contribution is 0.106. The summed E-state index contributed by atoms with van der Waals surface area (Å²) in [5.74, 6) is 0. The van der Waals surface area contributed by atoms with Crippen LogP contribution < -0.4 is 0 Å². The summed E-state index contributed by atoms with van der Waals surface area (Å²) in [6.07, 6.45) is 5.35. The van der Waals surface area contributed by atoms with Gasteiger partial charge in [-0.25, -0.2) is 0 Å². The monoisotopic (exact) mass is 283 g/mol. The van der Waals surface area contributed by atoms with Crippen molar-refractivity contribution in [3.05, 3.63) is 18.0 Å². The maximum Gasteiger partial charge on any atom is 0.0714 e. The molecule has 1 aliphatic heterocycles. The fourth-order valence-electron chi connectivity index (χ4n) is 2.70. The molecule has 1 aliphatic rings. The van der Waals surface area contributed by atoms with Gasteiger partial charge in [0.1, 0.15) is 0 Å². The van der Waals surface area contributed by atoms with Crippen LogP contribution in [0.1, 0.15) is 12.0 Å². The highest BCUT2D eigenvalue weighted by Gasteiger charge is 2.32. The molecule has 0 amide bonds. The molecule has 20 heavy (non-hydrogen) atoms. The van der Waals surface area contributed by atoms with Gasteiger partial charge in [-0.1, -0.05) is 0 Å². The van der Waals surface area contributed by atoms with Crippen LogP contribution in [-0.4, -0.2) is 67.9 Å². The molecule has 1 aromatic rings. The van der Waals surface area contributed by atoms with Gasteiger partial charge in [0.05, 0.1) is 32.1 Å². The summed E-state index contributed by atoms with van der Waals surface area (Å²) in [4.78, 5) is 2.41. The van der Waals surface area contributed by atoms with Crippen molar-refractivity contribution in [3.63, 3.8) is 0 Å². The van der Waals surface area contributed by atoms with Crippen molar-refractivity contribution in [1.29, 1.82) is 0 Å². The number of nitrogens with zero attached hydrogens (tertiary/aromatic N) is 3. The molecule has 1 saturated heterocycles. The molecule has 2 atom stereocenters. The van der Waals surface area contributed by atoms with Gasteiger partial charge >= 0.3 is 0 Å². The second-order valence-electron chi connectivity index (χ2n) is 5.24. The summed E-state index contributed by atoms with van der Waals surface area (Å²) in [6.45, 7) is 4.06. The van der Waals surface area contributed by atoms with Gasteiger partial charge in [0, 0.05) is 52.2 Å². The van der Waals surface area contributed by atoms with Crippen LogP contribution in [0.25, 0.3) is 0 Å². The van der Waals surface area contributed by atoms with E-state index in [0.29, 0.717) is 18.8 Å². The van der Waals surface area contributed by atoms with E-state index in [4.69, 9.17) is 14.2 Å². The van der Waals surface area contributed by atoms with Crippen molar-refractivity contribution < 1.29 is 14.2 Å². The molecule has 0 saturated carbocycles. The van der Waals surface area contributed by atoms with E-state index in [0.717, 1.165) is 32.7 Å². The first-order valence-electron chi connectivity index (χ1n) is 7.02. The van der Waals surface area contributed by atoms with Crippen LogP contribution in [0.2, 0.25) is 0 Å². The SMILES string of the molecule is COCCn1cc(CN2C[C@H](OC)C[C@H]2COC)cn1. The van der Waals surface area contributed by atoms with E-state index in [1.54, 1.807) is 21.3 Å². The molecular weight excluding hydrogens is 258 g/mol. The summed E-state index contributed by atoms with van der Waals surface area (Å²) in [5, 5.41) is 4.35. The summed E-state index contributed by atoms with van der Waals surface area (Å²) < 4.78 is 17.8. The Morgan fingerprint density at radius 3 is 2.85 bits per heavy atom. The summed E-state index contributed by atoms with van der Waals surface area (Å²) in [7, 11) is 5.23. The Morgan fingerprint density at radius 1 is 1.30 bits per heavy atom. The third kappa shape index (κ3) is 4.02. The molecule has 0 spiro atoms. The van der Waals surface area contributed by atoms with Crippen molar-refractivity contribution in [2.24, 2.45) is 0 Å².